The van der Waals surface area contributed by atoms with E-state index in [4.69, 9.17) is 5.11 Å². The van der Waals surface area contributed by atoms with E-state index in [9.17, 15) is 0 Å². The molecule has 1 atom stereocenters. The van der Waals surface area contributed by atoms with Gasteiger partial charge in [0, 0.05) is 42.3 Å². The average Bonchev–Trinajstić information content (AvgIpc) is 3.00. The molecule has 6 heteroatoms. The molecule has 0 spiro atoms. The van der Waals surface area contributed by atoms with Gasteiger partial charge in [-0.2, -0.15) is 5.10 Å². The molecule has 2 aromatic rings. The second kappa shape index (κ2) is 6.63. The maximum absolute atomic E-state index is 8.80. The van der Waals surface area contributed by atoms with Crippen molar-refractivity contribution < 1.29 is 5.11 Å². The number of aromatic nitrogens is 3. The van der Waals surface area contributed by atoms with Crippen LogP contribution in [0.1, 0.15) is 23.4 Å². The molecule has 2 aromatic heterocycles. The Hall–Kier alpha value is -1.24. The lowest BCUT2D eigenvalue weighted by Crippen LogP contribution is -2.19. The Morgan fingerprint density at radius 3 is 3.17 bits per heavy atom. The molecule has 1 unspecified atom stereocenters. The highest BCUT2D eigenvalue weighted by atomic mass is 32.1. The van der Waals surface area contributed by atoms with E-state index in [1.54, 1.807) is 16.0 Å². The summed E-state index contributed by atoms with van der Waals surface area (Å²) in [6, 6.07) is 0. The number of aliphatic hydroxyl groups is 1. The highest BCUT2D eigenvalue weighted by Gasteiger charge is 2.07. The van der Waals surface area contributed by atoms with Gasteiger partial charge in [-0.3, -0.25) is 4.68 Å². The van der Waals surface area contributed by atoms with E-state index < -0.39 is 0 Å². The smallest absolute Gasteiger partial charge is 0.0965 e. The van der Waals surface area contributed by atoms with Crippen LogP contribution in [-0.4, -0.2) is 33.0 Å². The summed E-state index contributed by atoms with van der Waals surface area (Å²) in [5.74, 6) is 0.428. The number of nitrogens with zero attached hydrogens (tertiary/aromatic N) is 3. The van der Waals surface area contributed by atoms with Crippen molar-refractivity contribution in [3.8, 4) is 0 Å². The minimum absolute atomic E-state index is 0.121. The highest BCUT2D eigenvalue weighted by molar-refractivity contribution is 7.09. The summed E-state index contributed by atoms with van der Waals surface area (Å²) >= 11 is 1.69. The quantitative estimate of drug-likeness (QED) is 0.791. The fraction of sp³-hybridized carbons (Fsp3) is 0.500. The third-order valence-electron chi connectivity index (χ3n) is 2.67. The van der Waals surface area contributed by atoms with Crippen LogP contribution in [-0.2, 0) is 13.1 Å². The number of hydrogen-bond acceptors (Lipinski definition) is 5. The van der Waals surface area contributed by atoms with Crippen LogP contribution in [0.4, 0.5) is 0 Å². The second-order valence-electron chi connectivity index (χ2n) is 4.24. The van der Waals surface area contributed by atoms with Crippen molar-refractivity contribution in [2.75, 3.05) is 13.2 Å². The monoisotopic (exact) mass is 266 g/mol. The minimum Gasteiger partial charge on any atom is -0.394 e. The van der Waals surface area contributed by atoms with Crippen LogP contribution in [0.5, 0.6) is 0 Å². The largest absolute Gasteiger partial charge is 0.394 e. The van der Waals surface area contributed by atoms with Gasteiger partial charge in [-0.1, -0.05) is 6.92 Å². The summed E-state index contributed by atoms with van der Waals surface area (Å²) in [5.41, 5.74) is 1.13. The Morgan fingerprint density at radius 2 is 2.44 bits per heavy atom. The second-order valence-corrected chi connectivity index (χ2v) is 5.16. The predicted octanol–water partition coefficient (Wildman–Crippen LogP) is 1.23. The fourth-order valence-corrected chi connectivity index (χ4v) is 2.42. The number of aliphatic hydroxyl groups excluding tert-OH is 1. The van der Waals surface area contributed by atoms with E-state index in [2.05, 4.69) is 22.3 Å². The third-order valence-corrected chi connectivity index (χ3v) is 3.68. The SMILES string of the molecule is CC(CNCc1cnn(CCO)c1)c1nccs1. The van der Waals surface area contributed by atoms with Gasteiger partial charge in [0.1, 0.15) is 0 Å². The topological polar surface area (TPSA) is 63.0 Å². The summed E-state index contributed by atoms with van der Waals surface area (Å²) < 4.78 is 1.75. The molecule has 2 heterocycles. The van der Waals surface area contributed by atoms with Crippen LogP contribution < -0.4 is 5.32 Å². The first-order valence-corrected chi connectivity index (χ1v) is 6.90. The van der Waals surface area contributed by atoms with E-state index in [1.807, 2.05) is 24.0 Å². The zero-order chi connectivity index (χ0) is 12.8. The van der Waals surface area contributed by atoms with Crippen molar-refractivity contribution in [1.82, 2.24) is 20.1 Å². The molecule has 0 aliphatic rings. The molecule has 18 heavy (non-hydrogen) atoms. The zero-order valence-corrected chi connectivity index (χ0v) is 11.2. The van der Waals surface area contributed by atoms with Crippen molar-refractivity contribution in [1.29, 1.82) is 0 Å². The normalized spacial score (nSPS) is 12.8. The van der Waals surface area contributed by atoms with Gasteiger partial charge in [-0.15, -0.1) is 11.3 Å². The zero-order valence-electron chi connectivity index (χ0n) is 10.4. The Balaban J connectivity index is 1.74. The molecule has 0 bridgehead atoms. The third kappa shape index (κ3) is 3.63. The molecule has 0 saturated carbocycles. The van der Waals surface area contributed by atoms with E-state index in [-0.39, 0.29) is 6.61 Å². The molecular weight excluding hydrogens is 248 g/mol. The molecule has 0 fully saturated rings. The van der Waals surface area contributed by atoms with Crippen LogP contribution >= 0.6 is 11.3 Å². The molecule has 2 N–H and O–H groups in total. The molecule has 0 aliphatic carbocycles. The Labute approximate surface area is 110 Å². The van der Waals surface area contributed by atoms with Gasteiger partial charge in [0.2, 0.25) is 0 Å². The highest BCUT2D eigenvalue weighted by Crippen LogP contribution is 2.16. The molecule has 0 amide bonds. The van der Waals surface area contributed by atoms with Crippen molar-refractivity contribution in [2.45, 2.75) is 25.9 Å². The van der Waals surface area contributed by atoms with Gasteiger partial charge in [0.15, 0.2) is 0 Å². The fourth-order valence-electron chi connectivity index (χ4n) is 1.72. The lowest BCUT2D eigenvalue weighted by atomic mass is 10.2. The first-order chi connectivity index (χ1) is 8.79. The lowest BCUT2D eigenvalue weighted by molar-refractivity contribution is 0.269. The van der Waals surface area contributed by atoms with E-state index in [0.717, 1.165) is 18.7 Å². The van der Waals surface area contributed by atoms with E-state index >= 15 is 0 Å². The maximum atomic E-state index is 8.80. The molecule has 0 aromatic carbocycles. The van der Waals surface area contributed by atoms with Gasteiger partial charge in [0.25, 0.3) is 0 Å². The molecule has 0 saturated heterocycles. The Kier molecular flexibility index (Phi) is 4.86. The molecule has 98 valence electrons. The van der Waals surface area contributed by atoms with Crippen molar-refractivity contribution in [3.05, 3.63) is 34.5 Å². The minimum atomic E-state index is 0.121. The van der Waals surface area contributed by atoms with E-state index in [1.165, 1.54) is 5.01 Å². The van der Waals surface area contributed by atoms with Crippen molar-refractivity contribution in [2.24, 2.45) is 0 Å². The molecular formula is C12H18N4OS. The van der Waals surface area contributed by atoms with Crippen LogP contribution in [0.2, 0.25) is 0 Å². The summed E-state index contributed by atoms with van der Waals surface area (Å²) in [4.78, 5) is 4.30. The summed E-state index contributed by atoms with van der Waals surface area (Å²) in [7, 11) is 0. The first-order valence-electron chi connectivity index (χ1n) is 6.02. The number of thiazole rings is 1. The summed E-state index contributed by atoms with van der Waals surface area (Å²) in [6.07, 6.45) is 5.63. The van der Waals surface area contributed by atoms with Gasteiger partial charge < -0.3 is 10.4 Å². The number of hydrogen-bond donors (Lipinski definition) is 2. The van der Waals surface area contributed by atoms with Gasteiger partial charge in [0.05, 0.1) is 24.4 Å². The van der Waals surface area contributed by atoms with Gasteiger partial charge >= 0.3 is 0 Å². The number of nitrogens with one attached hydrogen (secondary N) is 1. The average molecular weight is 266 g/mol. The number of rotatable bonds is 7. The van der Waals surface area contributed by atoms with Crippen LogP contribution in [0.15, 0.2) is 24.0 Å². The van der Waals surface area contributed by atoms with Gasteiger partial charge in [-0.25, -0.2) is 4.98 Å². The lowest BCUT2D eigenvalue weighted by Gasteiger charge is -2.08. The molecule has 2 rings (SSSR count). The molecule has 0 aliphatic heterocycles. The van der Waals surface area contributed by atoms with Crippen LogP contribution in [0, 0.1) is 0 Å². The molecule has 0 radical (unpaired) electrons. The van der Waals surface area contributed by atoms with Gasteiger partial charge in [-0.05, 0) is 0 Å². The van der Waals surface area contributed by atoms with Crippen LogP contribution in [0.25, 0.3) is 0 Å². The first kappa shape index (κ1) is 13.2. The molecule has 5 nitrogen and oxygen atoms in total. The predicted molar refractivity (Wildman–Crippen MR) is 71.5 cm³/mol. The Morgan fingerprint density at radius 1 is 1.56 bits per heavy atom. The van der Waals surface area contributed by atoms with Crippen molar-refractivity contribution in [3.63, 3.8) is 0 Å². The Bertz CT molecular complexity index is 454. The summed E-state index contributed by atoms with van der Waals surface area (Å²) in [6.45, 7) is 4.53. The van der Waals surface area contributed by atoms with Crippen LogP contribution in [0.3, 0.4) is 0 Å². The van der Waals surface area contributed by atoms with Crippen molar-refractivity contribution >= 4 is 11.3 Å². The standard InChI is InChI=1S/C12H18N4OS/c1-10(12-14-2-5-18-12)6-13-7-11-8-15-16(9-11)3-4-17/h2,5,8-10,13,17H,3-4,6-7H2,1H3. The summed E-state index contributed by atoms with van der Waals surface area (Å²) in [5, 5.41) is 19.5. The van der Waals surface area contributed by atoms with E-state index in [0.29, 0.717) is 12.5 Å². The maximum Gasteiger partial charge on any atom is 0.0965 e.